The molecule has 0 bridgehead atoms. The maximum atomic E-state index is 10.3. The van der Waals surface area contributed by atoms with E-state index in [2.05, 4.69) is 5.32 Å². The highest BCUT2D eigenvalue weighted by Gasteiger charge is 1.96. The highest BCUT2D eigenvalue weighted by atomic mass is 16.4. The molecule has 0 amide bonds. The molecular formula is C12H14N2O2. The van der Waals surface area contributed by atoms with Gasteiger partial charge in [0.25, 0.3) is 0 Å². The highest BCUT2D eigenvalue weighted by molar-refractivity contribution is 5.66. The molecule has 0 fully saturated rings. The van der Waals surface area contributed by atoms with E-state index in [1.807, 2.05) is 18.2 Å². The Kier molecular flexibility index (Phi) is 4.87. The number of anilines is 1. The van der Waals surface area contributed by atoms with Crippen molar-refractivity contribution in [3.63, 3.8) is 0 Å². The first-order chi connectivity index (χ1) is 7.72. The number of nitrogens with one attached hydrogen (secondary N) is 1. The number of rotatable bonds is 6. The predicted octanol–water partition coefficient (Wildman–Crippen LogP) is 2.23. The van der Waals surface area contributed by atoms with Gasteiger partial charge >= 0.3 is 5.97 Å². The van der Waals surface area contributed by atoms with Gasteiger partial charge in [0.1, 0.15) is 0 Å². The number of carbonyl (C=O) groups is 1. The van der Waals surface area contributed by atoms with E-state index >= 15 is 0 Å². The lowest BCUT2D eigenvalue weighted by molar-refractivity contribution is -0.137. The van der Waals surface area contributed by atoms with Crippen LogP contribution in [0, 0.1) is 11.3 Å². The number of unbranched alkanes of at least 4 members (excludes halogenated alkanes) is 1. The first-order valence-corrected chi connectivity index (χ1v) is 5.18. The van der Waals surface area contributed by atoms with E-state index in [1.54, 1.807) is 12.1 Å². The zero-order valence-corrected chi connectivity index (χ0v) is 8.94. The largest absolute Gasteiger partial charge is 0.481 e. The molecule has 1 rings (SSSR count). The van der Waals surface area contributed by atoms with E-state index in [4.69, 9.17) is 10.4 Å². The average molecular weight is 218 g/mol. The van der Waals surface area contributed by atoms with Crippen LogP contribution in [0.3, 0.4) is 0 Å². The Morgan fingerprint density at radius 3 is 2.56 bits per heavy atom. The summed E-state index contributed by atoms with van der Waals surface area (Å²) in [5.41, 5.74) is 1.59. The fourth-order valence-electron chi connectivity index (χ4n) is 1.30. The Labute approximate surface area is 94.5 Å². The van der Waals surface area contributed by atoms with E-state index in [0.717, 1.165) is 18.7 Å². The molecule has 0 aliphatic carbocycles. The van der Waals surface area contributed by atoms with Crippen LogP contribution in [0.25, 0.3) is 0 Å². The number of carboxylic acid groups (broad SMARTS) is 1. The second-order valence-corrected chi connectivity index (χ2v) is 3.47. The topological polar surface area (TPSA) is 73.1 Å². The smallest absolute Gasteiger partial charge is 0.303 e. The first kappa shape index (κ1) is 12.1. The minimum absolute atomic E-state index is 0.217. The van der Waals surface area contributed by atoms with Crippen LogP contribution in [0.1, 0.15) is 24.8 Å². The number of nitriles is 1. The van der Waals surface area contributed by atoms with Crippen molar-refractivity contribution < 1.29 is 9.90 Å². The van der Waals surface area contributed by atoms with Crippen molar-refractivity contribution in [3.8, 4) is 6.07 Å². The Morgan fingerprint density at radius 2 is 2.00 bits per heavy atom. The standard InChI is InChI=1S/C12H14N2O2/c13-9-10-4-6-11(7-5-10)14-8-2-1-3-12(15)16/h4-7,14H,1-3,8H2,(H,15,16). The number of hydrogen-bond donors (Lipinski definition) is 2. The summed E-state index contributed by atoms with van der Waals surface area (Å²) >= 11 is 0. The molecule has 0 saturated heterocycles. The lowest BCUT2D eigenvalue weighted by Crippen LogP contribution is -2.03. The van der Waals surface area contributed by atoms with Crippen LogP contribution in [0.5, 0.6) is 0 Å². The van der Waals surface area contributed by atoms with E-state index in [9.17, 15) is 4.79 Å². The van der Waals surface area contributed by atoms with E-state index in [-0.39, 0.29) is 6.42 Å². The summed E-state index contributed by atoms with van der Waals surface area (Å²) in [6, 6.07) is 9.24. The molecule has 0 aliphatic heterocycles. The highest BCUT2D eigenvalue weighted by Crippen LogP contribution is 2.08. The minimum atomic E-state index is -0.752. The molecule has 0 aliphatic rings. The van der Waals surface area contributed by atoms with Crippen LogP contribution in [0.2, 0.25) is 0 Å². The molecule has 0 atom stereocenters. The molecule has 0 radical (unpaired) electrons. The number of hydrogen-bond acceptors (Lipinski definition) is 3. The van der Waals surface area contributed by atoms with Gasteiger partial charge in [-0.25, -0.2) is 0 Å². The Bertz CT molecular complexity index is 379. The Morgan fingerprint density at radius 1 is 1.31 bits per heavy atom. The summed E-state index contributed by atoms with van der Waals surface area (Å²) in [5, 5.41) is 20.2. The van der Waals surface area contributed by atoms with Gasteiger partial charge < -0.3 is 10.4 Å². The normalized spacial score (nSPS) is 9.44. The molecule has 0 heterocycles. The van der Waals surface area contributed by atoms with Crippen LogP contribution < -0.4 is 5.32 Å². The number of nitrogens with zero attached hydrogens (tertiary/aromatic N) is 1. The summed E-state index contributed by atoms with van der Waals surface area (Å²) < 4.78 is 0. The maximum absolute atomic E-state index is 10.3. The van der Waals surface area contributed by atoms with Crippen molar-refractivity contribution in [2.75, 3.05) is 11.9 Å². The summed E-state index contributed by atoms with van der Waals surface area (Å²) in [5.74, 6) is -0.752. The van der Waals surface area contributed by atoms with Gasteiger partial charge in [-0.2, -0.15) is 5.26 Å². The van der Waals surface area contributed by atoms with Gasteiger partial charge in [0, 0.05) is 18.7 Å². The SMILES string of the molecule is N#Cc1ccc(NCCCCC(=O)O)cc1. The lowest BCUT2D eigenvalue weighted by atomic mass is 10.2. The fourth-order valence-corrected chi connectivity index (χ4v) is 1.30. The zero-order valence-electron chi connectivity index (χ0n) is 8.94. The Balaban J connectivity index is 2.22. The molecule has 0 saturated carbocycles. The summed E-state index contributed by atoms with van der Waals surface area (Å²) in [4.78, 5) is 10.3. The molecule has 1 aromatic carbocycles. The van der Waals surface area contributed by atoms with Crippen molar-refractivity contribution in [2.24, 2.45) is 0 Å². The quantitative estimate of drug-likeness (QED) is 0.718. The first-order valence-electron chi connectivity index (χ1n) is 5.18. The lowest BCUT2D eigenvalue weighted by Gasteiger charge is -2.05. The third-order valence-electron chi connectivity index (χ3n) is 2.16. The molecule has 84 valence electrons. The number of benzene rings is 1. The third-order valence-corrected chi connectivity index (χ3v) is 2.16. The second-order valence-electron chi connectivity index (χ2n) is 3.47. The van der Waals surface area contributed by atoms with Crippen molar-refractivity contribution in [2.45, 2.75) is 19.3 Å². The number of aliphatic carboxylic acids is 1. The van der Waals surface area contributed by atoms with Crippen LogP contribution in [0.15, 0.2) is 24.3 Å². The Hall–Kier alpha value is -2.02. The van der Waals surface area contributed by atoms with Gasteiger partial charge in [-0.1, -0.05) is 0 Å². The van der Waals surface area contributed by atoms with Crippen LogP contribution in [0.4, 0.5) is 5.69 Å². The molecule has 4 heteroatoms. The molecule has 16 heavy (non-hydrogen) atoms. The second kappa shape index (κ2) is 6.46. The van der Waals surface area contributed by atoms with E-state index in [0.29, 0.717) is 12.0 Å². The molecule has 4 nitrogen and oxygen atoms in total. The molecule has 0 spiro atoms. The summed E-state index contributed by atoms with van der Waals surface area (Å²) in [6.07, 6.45) is 1.72. The number of carboxylic acids is 1. The monoisotopic (exact) mass is 218 g/mol. The van der Waals surface area contributed by atoms with Crippen molar-refractivity contribution in [1.82, 2.24) is 0 Å². The van der Waals surface area contributed by atoms with Crippen LogP contribution >= 0.6 is 0 Å². The van der Waals surface area contributed by atoms with Crippen molar-refractivity contribution in [3.05, 3.63) is 29.8 Å². The fraction of sp³-hybridized carbons (Fsp3) is 0.333. The van der Waals surface area contributed by atoms with Gasteiger partial charge in [-0.3, -0.25) is 4.79 Å². The third kappa shape index (κ3) is 4.47. The molecule has 2 N–H and O–H groups in total. The van der Waals surface area contributed by atoms with E-state index < -0.39 is 5.97 Å². The van der Waals surface area contributed by atoms with Crippen molar-refractivity contribution >= 4 is 11.7 Å². The van der Waals surface area contributed by atoms with Gasteiger partial charge in [0.15, 0.2) is 0 Å². The summed E-state index contributed by atoms with van der Waals surface area (Å²) in [6.45, 7) is 0.749. The van der Waals surface area contributed by atoms with Crippen molar-refractivity contribution in [1.29, 1.82) is 5.26 Å². The van der Waals surface area contributed by atoms with Crippen LogP contribution in [-0.2, 0) is 4.79 Å². The molecule has 0 unspecified atom stereocenters. The molecule has 1 aromatic rings. The van der Waals surface area contributed by atoms with Gasteiger partial charge in [-0.05, 0) is 37.1 Å². The van der Waals surface area contributed by atoms with Gasteiger partial charge in [0.2, 0.25) is 0 Å². The minimum Gasteiger partial charge on any atom is -0.481 e. The summed E-state index contributed by atoms with van der Waals surface area (Å²) in [7, 11) is 0. The van der Waals surface area contributed by atoms with E-state index in [1.165, 1.54) is 0 Å². The van der Waals surface area contributed by atoms with Crippen LogP contribution in [-0.4, -0.2) is 17.6 Å². The van der Waals surface area contributed by atoms with Gasteiger partial charge in [0.05, 0.1) is 11.6 Å². The van der Waals surface area contributed by atoms with Gasteiger partial charge in [-0.15, -0.1) is 0 Å². The average Bonchev–Trinajstić information content (AvgIpc) is 2.29. The zero-order chi connectivity index (χ0) is 11.8. The molecule has 0 aromatic heterocycles. The molecular weight excluding hydrogens is 204 g/mol. The predicted molar refractivity (Wildman–Crippen MR) is 61.1 cm³/mol. The maximum Gasteiger partial charge on any atom is 0.303 e.